The highest BCUT2D eigenvalue weighted by molar-refractivity contribution is 5.99. The molecule has 1 fully saturated rings. The van der Waals surface area contributed by atoms with Gasteiger partial charge in [-0.1, -0.05) is 13.8 Å². The summed E-state index contributed by atoms with van der Waals surface area (Å²) in [6.45, 7) is 4.29. The number of ether oxygens (including phenoxy) is 1. The summed E-state index contributed by atoms with van der Waals surface area (Å²) >= 11 is 0. The van der Waals surface area contributed by atoms with E-state index < -0.39 is 5.92 Å². The average Bonchev–Trinajstić information content (AvgIpc) is 2.88. The number of anilines is 2. The number of rotatable bonds is 5. The van der Waals surface area contributed by atoms with Gasteiger partial charge in [-0.05, 0) is 30.2 Å². The summed E-state index contributed by atoms with van der Waals surface area (Å²) < 4.78 is 4.70. The molecule has 1 aromatic rings. The van der Waals surface area contributed by atoms with Gasteiger partial charge in [0.2, 0.25) is 11.8 Å². The van der Waals surface area contributed by atoms with Gasteiger partial charge < -0.3 is 15.0 Å². The molecule has 1 aliphatic rings. The molecule has 1 aromatic carbocycles. The van der Waals surface area contributed by atoms with Crippen molar-refractivity contribution < 1.29 is 19.1 Å². The molecule has 0 aliphatic carbocycles. The maximum Gasteiger partial charge on any atom is 0.311 e. The van der Waals surface area contributed by atoms with Gasteiger partial charge in [-0.25, -0.2) is 0 Å². The van der Waals surface area contributed by atoms with Gasteiger partial charge in [-0.15, -0.1) is 0 Å². The van der Waals surface area contributed by atoms with Gasteiger partial charge in [-0.2, -0.15) is 0 Å². The summed E-state index contributed by atoms with van der Waals surface area (Å²) in [7, 11) is 1.32. The van der Waals surface area contributed by atoms with Gasteiger partial charge in [-0.3, -0.25) is 14.4 Å². The van der Waals surface area contributed by atoms with Crippen molar-refractivity contribution in [3.8, 4) is 0 Å². The molecule has 2 amide bonds. The quantitative estimate of drug-likeness (QED) is 0.845. The maximum atomic E-state index is 12.0. The summed E-state index contributed by atoms with van der Waals surface area (Å²) in [4.78, 5) is 36.9. The SMILES string of the molecule is COC(=O)C1CC(=O)N(c2ccc(NC(=O)CC(C)C)cc2)C1. The molecule has 0 aromatic heterocycles. The normalized spacial score (nSPS) is 17.5. The molecule has 0 bridgehead atoms. The van der Waals surface area contributed by atoms with Crippen LogP contribution in [0.25, 0.3) is 0 Å². The fraction of sp³-hybridized carbons (Fsp3) is 0.471. The Bertz CT molecular complexity index is 595. The van der Waals surface area contributed by atoms with Crippen molar-refractivity contribution in [3.63, 3.8) is 0 Å². The van der Waals surface area contributed by atoms with E-state index in [1.807, 2.05) is 13.8 Å². The van der Waals surface area contributed by atoms with Crippen LogP contribution in [-0.2, 0) is 19.1 Å². The van der Waals surface area contributed by atoms with Gasteiger partial charge in [0.25, 0.3) is 0 Å². The maximum absolute atomic E-state index is 12.0. The minimum absolute atomic E-state index is 0.0317. The molecule has 0 radical (unpaired) electrons. The molecule has 0 spiro atoms. The zero-order valence-corrected chi connectivity index (χ0v) is 13.7. The number of nitrogens with one attached hydrogen (secondary N) is 1. The molecule has 1 saturated heterocycles. The molecule has 6 heteroatoms. The predicted molar refractivity (Wildman–Crippen MR) is 87.0 cm³/mol. The van der Waals surface area contributed by atoms with E-state index in [1.165, 1.54) is 7.11 Å². The summed E-state index contributed by atoms with van der Waals surface area (Å²) in [6.07, 6.45) is 0.632. The van der Waals surface area contributed by atoms with E-state index in [1.54, 1.807) is 29.2 Å². The molecule has 1 unspecified atom stereocenters. The van der Waals surface area contributed by atoms with Crippen LogP contribution in [0.4, 0.5) is 11.4 Å². The Hall–Kier alpha value is -2.37. The lowest BCUT2D eigenvalue weighted by Crippen LogP contribution is -2.26. The molecule has 124 valence electrons. The molecule has 1 N–H and O–H groups in total. The third-order valence-electron chi connectivity index (χ3n) is 3.72. The molecule has 0 saturated carbocycles. The fourth-order valence-electron chi connectivity index (χ4n) is 2.59. The molecular weight excluding hydrogens is 296 g/mol. The Morgan fingerprint density at radius 3 is 2.52 bits per heavy atom. The predicted octanol–water partition coefficient (Wildman–Crippen LogP) is 2.20. The first-order chi connectivity index (χ1) is 10.9. The van der Waals surface area contributed by atoms with Crippen LogP contribution in [-0.4, -0.2) is 31.4 Å². The Balaban J connectivity index is 2.01. The second kappa shape index (κ2) is 7.26. The van der Waals surface area contributed by atoms with Crippen molar-refractivity contribution in [2.24, 2.45) is 11.8 Å². The number of esters is 1. The van der Waals surface area contributed by atoms with Gasteiger partial charge in [0.15, 0.2) is 0 Å². The van der Waals surface area contributed by atoms with E-state index in [0.717, 1.165) is 0 Å². The van der Waals surface area contributed by atoms with E-state index in [0.29, 0.717) is 30.3 Å². The number of methoxy groups -OCH3 is 1. The summed E-state index contributed by atoms with van der Waals surface area (Å²) in [5.74, 6) is -0.615. The average molecular weight is 318 g/mol. The van der Waals surface area contributed by atoms with Crippen molar-refractivity contribution in [3.05, 3.63) is 24.3 Å². The molecule has 1 heterocycles. The van der Waals surface area contributed by atoms with Gasteiger partial charge in [0.1, 0.15) is 0 Å². The minimum atomic E-state index is -0.419. The van der Waals surface area contributed by atoms with Crippen molar-refractivity contribution in [1.29, 1.82) is 0 Å². The smallest absolute Gasteiger partial charge is 0.311 e. The first-order valence-electron chi connectivity index (χ1n) is 7.68. The molecule has 23 heavy (non-hydrogen) atoms. The third kappa shape index (κ3) is 4.31. The van der Waals surface area contributed by atoms with Crippen LogP contribution in [0.1, 0.15) is 26.7 Å². The zero-order valence-electron chi connectivity index (χ0n) is 13.7. The Labute approximate surface area is 135 Å². The number of benzene rings is 1. The molecule has 2 rings (SSSR count). The number of carbonyl (C=O) groups is 3. The highest BCUT2D eigenvalue weighted by Crippen LogP contribution is 2.27. The van der Waals surface area contributed by atoms with Gasteiger partial charge in [0.05, 0.1) is 13.0 Å². The first kappa shape index (κ1) is 17.0. The van der Waals surface area contributed by atoms with Crippen LogP contribution in [0.15, 0.2) is 24.3 Å². The van der Waals surface area contributed by atoms with E-state index in [4.69, 9.17) is 4.74 Å². The number of nitrogens with zero attached hydrogens (tertiary/aromatic N) is 1. The van der Waals surface area contributed by atoms with Crippen LogP contribution in [0.3, 0.4) is 0 Å². The molecular formula is C17H22N2O4. The second-order valence-corrected chi connectivity index (χ2v) is 6.12. The van der Waals surface area contributed by atoms with Gasteiger partial charge >= 0.3 is 5.97 Å². The van der Waals surface area contributed by atoms with E-state index in [2.05, 4.69) is 5.32 Å². The van der Waals surface area contributed by atoms with Crippen LogP contribution < -0.4 is 10.2 Å². The van der Waals surface area contributed by atoms with E-state index in [9.17, 15) is 14.4 Å². The van der Waals surface area contributed by atoms with Crippen LogP contribution >= 0.6 is 0 Å². The summed E-state index contributed by atoms with van der Waals surface area (Å²) in [5, 5.41) is 2.82. The van der Waals surface area contributed by atoms with E-state index in [-0.39, 0.29) is 24.2 Å². The lowest BCUT2D eigenvalue weighted by molar-refractivity contribution is -0.145. The fourth-order valence-corrected chi connectivity index (χ4v) is 2.59. The lowest BCUT2D eigenvalue weighted by atomic mass is 10.1. The monoisotopic (exact) mass is 318 g/mol. The highest BCUT2D eigenvalue weighted by atomic mass is 16.5. The third-order valence-corrected chi connectivity index (χ3v) is 3.72. The number of carbonyl (C=O) groups excluding carboxylic acids is 3. The van der Waals surface area contributed by atoms with Crippen molar-refractivity contribution in [1.82, 2.24) is 0 Å². The van der Waals surface area contributed by atoms with Crippen molar-refractivity contribution in [2.75, 3.05) is 23.9 Å². The highest BCUT2D eigenvalue weighted by Gasteiger charge is 2.35. The van der Waals surface area contributed by atoms with Crippen LogP contribution in [0, 0.1) is 11.8 Å². The number of amides is 2. The standard InChI is InChI=1S/C17H22N2O4/c1-11(2)8-15(20)18-13-4-6-14(7-5-13)19-10-12(9-16(19)21)17(22)23-3/h4-7,11-12H,8-10H2,1-3H3,(H,18,20). The van der Waals surface area contributed by atoms with Crippen LogP contribution in [0.2, 0.25) is 0 Å². The first-order valence-corrected chi connectivity index (χ1v) is 7.68. The second-order valence-electron chi connectivity index (χ2n) is 6.12. The minimum Gasteiger partial charge on any atom is -0.469 e. The number of hydrogen-bond donors (Lipinski definition) is 1. The topological polar surface area (TPSA) is 75.7 Å². The van der Waals surface area contributed by atoms with Crippen molar-refractivity contribution >= 4 is 29.2 Å². The van der Waals surface area contributed by atoms with E-state index >= 15 is 0 Å². The number of hydrogen-bond acceptors (Lipinski definition) is 4. The summed E-state index contributed by atoms with van der Waals surface area (Å²) in [5.41, 5.74) is 1.40. The zero-order chi connectivity index (χ0) is 17.0. The molecule has 1 atom stereocenters. The largest absolute Gasteiger partial charge is 0.469 e. The van der Waals surface area contributed by atoms with Crippen LogP contribution in [0.5, 0.6) is 0 Å². The Morgan fingerprint density at radius 2 is 1.96 bits per heavy atom. The lowest BCUT2D eigenvalue weighted by Gasteiger charge is -2.17. The summed E-state index contributed by atoms with van der Waals surface area (Å²) in [6, 6.07) is 7.05. The van der Waals surface area contributed by atoms with Gasteiger partial charge in [0, 0.05) is 30.8 Å². The molecule has 6 nitrogen and oxygen atoms in total. The molecule has 1 aliphatic heterocycles. The Morgan fingerprint density at radius 1 is 1.30 bits per heavy atom. The van der Waals surface area contributed by atoms with Crippen molar-refractivity contribution in [2.45, 2.75) is 26.7 Å². The Kier molecular flexibility index (Phi) is 5.36.